The second kappa shape index (κ2) is 3.42. The van der Waals surface area contributed by atoms with Gasteiger partial charge in [-0.2, -0.15) is 0 Å². The first-order valence-corrected chi connectivity index (χ1v) is 5.28. The molecule has 0 aliphatic carbocycles. The summed E-state index contributed by atoms with van der Waals surface area (Å²) in [7, 11) is 0. The maximum Gasteiger partial charge on any atom is 0.347 e. The zero-order valence-electron chi connectivity index (χ0n) is 6.75. The lowest BCUT2D eigenvalue weighted by molar-refractivity contribution is 0.0702. The van der Waals surface area contributed by atoms with Gasteiger partial charge in [0.2, 0.25) is 0 Å². The first-order chi connectivity index (χ1) is 6.61. The van der Waals surface area contributed by atoms with Gasteiger partial charge in [0.05, 0.1) is 14.7 Å². The van der Waals surface area contributed by atoms with Gasteiger partial charge in [-0.15, -0.1) is 11.3 Å². The lowest BCUT2D eigenvalue weighted by Gasteiger charge is -1.91. The molecule has 0 aliphatic rings. The van der Waals surface area contributed by atoms with Gasteiger partial charge in [0.1, 0.15) is 4.88 Å². The average molecular weight is 247 g/mol. The van der Waals surface area contributed by atoms with Gasteiger partial charge in [-0.05, 0) is 6.07 Å². The van der Waals surface area contributed by atoms with E-state index in [1.807, 2.05) is 0 Å². The molecule has 5 heteroatoms. The second-order valence-electron chi connectivity index (χ2n) is 2.67. The highest BCUT2D eigenvalue weighted by Gasteiger charge is 2.16. The van der Waals surface area contributed by atoms with Gasteiger partial charge >= 0.3 is 5.97 Å². The summed E-state index contributed by atoms with van der Waals surface area (Å²) in [6, 6.07) is 5.21. The Balaban J connectivity index is 2.86. The third-order valence-corrected chi connectivity index (χ3v) is 3.96. The van der Waals surface area contributed by atoms with E-state index in [-0.39, 0.29) is 9.90 Å². The molecule has 0 bridgehead atoms. The number of carboxylic acid groups (broad SMARTS) is 1. The third kappa shape index (κ3) is 1.38. The van der Waals surface area contributed by atoms with Crippen LogP contribution in [0.15, 0.2) is 18.2 Å². The molecule has 1 heterocycles. The van der Waals surface area contributed by atoms with Crippen LogP contribution in [0.2, 0.25) is 10.0 Å². The van der Waals surface area contributed by atoms with Crippen molar-refractivity contribution in [2.24, 2.45) is 0 Å². The molecule has 1 aromatic carbocycles. The molecule has 14 heavy (non-hydrogen) atoms. The number of benzene rings is 1. The van der Waals surface area contributed by atoms with Crippen molar-refractivity contribution >= 4 is 50.6 Å². The highest BCUT2D eigenvalue weighted by atomic mass is 35.5. The van der Waals surface area contributed by atoms with Crippen LogP contribution in [0.3, 0.4) is 0 Å². The fourth-order valence-electron chi connectivity index (χ4n) is 1.19. The molecule has 0 radical (unpaired) electrons. The topological polar surface area (TPSA) is 37.3 Å². The minimum absolute atomic E-state index is 0.134. The van der Waals surface area contributed by atoms with E-state index in [2.05, 4.69) is 0 Å². The van der Waals surface area contributed by atoms with Crippen LogP contribution < -0.4 is 0 Å². The minimum atomic E-state index is -1.02. The van der Waals surface area contributed by atoms with Crippen LogP contribution in [0.4, 0.5) is 0 Å². The Morgan fingerprint density at radius 1 is 1.36 bits per heavy atom. The van der Waals surface area contributed by atoms with E-state index in [1.54, 1.807) is 18.2 Å². The number of hydrogen-bond acceptors (Lipinski definition) is 2. The van der Waals surface area contributed by atoms with Crippen LogP contribution in [0.1, 0.15) is 9.67 Å². The predicted octanol–water partition coefficient (Wildman–Crippen LogP) is 3.91. The fraction of sp³-hybridized carbons (Fsp3) is 0. The molecule has 0 unspecified atom stereocenters. The monoisotopic (exact) mass is 246 g/mol. The Morgan fingerprint density at radius 3 is 2.64 bits per heavy atom. The highest BCUT2D eigenvalue weighted by Crippen LogP contribution is 2.38. The quantitative estimate of drug-likeness (QED) is 0.829. The van der Waals surface area contributed by atoms with E-state index >= 15 is 0 Å². The Morgan fingerprint density at radius 2 is 2.07 bits per heavy atom. The predicted molar refractivity (Wildman–Crippen MR) is 58.8 cm³/mol. The third-order valence-electron chi connectivity index (χ3n) is 1.80. The summed E-state index contributed by atoms with van der Waals surface area (Å²) >= 11 is 12.9. The van der Waals surface area contributed by atoms with Crippen molar-refractivity contribution < 1.29 is 9.90 Å². The molecule has 0 fully saturated rings. The number of carbonyl (C=O) groups is 1. The largest absolute Gasteiger partial charge is 0.477 e. The van der Waals surface area contributed by atoms with Crippen molar-refractivity contribution in [3.05, 3.63) is 33.1 Å². The molecule has 0 atom stereocenters. The SMILES string of the molecule is O=C(O)c1sc2c(Cl)cccc2c1Cl. The number of rotatable bonds is 1. The van der Waals surface area contributed by atoms with Crippen molar-refractivity contribution in [2.75, 3.05) is 0 Å². The second-order valence-corrected chi connectivity index (χ2v) is 4.47. The summed E-state index contributed by atoms with van der Waals surface area (Å²) in [5.74, 6) is -1.02. The van der Waals surface area contributed by atoms with Crippen molar-refractivity contribution in [2.45, 2.75) is 0 Å². The molecular formula is C9H4Cl2O2S. The summed E-state index contributed by atoms with van der Waals surface area (Å²) in [5.41, 5.74) is 0. The standard InChI is InChI=1S/C9H4Cl2O2S/c10-5-3-1-2-4-6(11)8(9(12)13)14-7(4)5/h1-3H,(H,12,13). The van der Waals surface area contributed by atoms with Crippen molar-refractivity contribution in [1.29, 1.82) is 0 Å². The molecular weight excluding hydrogens is 243 g/mol. The van der Waals surface area contributed by atoms with Crippen molar-refractivity contribution in [3.63, 3.8) is 0 Å². The summed E-state index contributed by atoms with van der Waals surface area (Å²) in [6.45, 7) is 0. The number of fused-ring (bicyclic) bond motifs is 1. The van der Waals surface area contributed by atoms with Crippen LogP contribution in [0, 0.1) is 0 Å². The molecule has 2 nitrogen and oxygen atoms in total. The first kappa shape index (κ1) is 9.77. The zero-order chi connectivity index (χ0) is 10.3. The molecule has 0 amide bonds. The van der Waals surface area contributed by atoms with E-state index in [0.717, 1.165) is 16.0 Å². The van der Waals surface area contributed by atoms with Gasteiger partial charge in [-0.25, -0.2) is 4.79 Å². The van der Waals surface area contributed by atoms with Crippen LogP contribution in [0.5, 0.6) is 0 Å². The van der Waals surface area contributed by atoms with Crippen molar-refractivity contribution in [3.8, 4) is 0 Å². The van der Waals surface area contributed by atoms with Gasteiger partial charge in [0.25, 0.3) is 0 Å². The molecule has 0 spiro atoms. The van der Waals surface area contributed by atoms with Crippen LogP contribution in [0.25, 0.3) is 10.1 Å². The summed E-state index contributed by atoms with van der Waals surface area (Å²) in [4.78, 5) is 10.9. The van der Waals surface area contributed by atoms with E-state index in [4.69, 9.17) is 28.3 Å². The smallest absolute Gasteiger partial charge is 0.347 e. The summed E-state index contributed by atoms with van der Waals surface area (Å²) in [6.07, 6.45) is 0. The highest BCUT2D eigenvalue weighted by molar-refractivity contribution is 7.22. The normalized spacial score (nSPS) is 10.7. The van der Waals surface area contributed by atoms with Gasteiger partial charge in [0.15, 0.2) is 0 Å². The van der Waals surface area contributed by atoms with E-state index in [1.165, 1.54) is 0 Å². The minimum Gasteiger partial charge on any atom is -0.477 e. The number of hydrogen-bond donors (Lipinski definition) is 1. The number of carboxylic acids is 1. The molecule has 0 aliphatic heterocycles. The molecule has 2 aromatic rings. The van der Waals surface area contributed by atoms with E-state index < -0.39 is 5.97 Å². The Hall–Kier alpha value is -0.770. The first-order valence-electron chi connectivity index (χ1n) is 3.71. The van der Waals surface area contributed by atoms with Gasteiger partial charge in [-0.1, -0.05) is 35.3 Å². The maximum atomic E-state index is 10.8. The molecule has 72 valence electrons. The van der Waals surface area contributed by atoms with Gasteiger partial charge < -0.3 is 5.11 Å². The number of thiophene rings is 1. The number of aromatic carboxylic acids is 1. The van der Waals surface area contributed by atoms with Crippen LogP contribution in [-0.4, -0.2) is 11.1 Å². The Bertz CT molecular complexity index is 519. The average Bonchev–Trinajstić information content (AvgIpc) is 2.46. The molecule has 1 aromatic heterocycles. The van der Waals surface area contributed by atoms with Gasteiger partial charge in [-0.3, -0.25) is 0 Å². The lowest BCUT2D eigenvalue weighted by atomic mass is 10.2. The van der Waals surface area contributed by atoms with Crippen molar-refractivity contribution in [1.82, 2.24) is 0 Å². The lowest BCUT2D eigenvalue weighted by Crippen LogP contribution is -1.91. The van der Waals surface area contributed by atoms with Crippen LogP contribution in [-0.2, 0) is 0 Å². The van der Waals surface area contributed by atoms with E-state index in [0.29, 0.717) is 10.4 Å². The summed E-state index contributed by atoms with van der Waals surface area (Å²) < 4.78 is 0.719. The maximum absolute atomic E-state index is 10.8. The fourth-order valence-corrected chi connectivity index (χ4v) is 2.83. The van der Waals surface area contributed by atoms with Crippen LogP contribution >= 0.6 is 34.5 Å². The Kier molecular flexibility index (Phi) is 2.39. The van der Waals surface area contributed by atoms with E-state index in [9.17, 15) is 4.79 Å². The number of halogens is 2. The molecule has 1 N–H and O–H groups in total. The zero-order valence-corrected chi connectivity index (χ0v) is 9.08. The summed E-state index contributed by atoms with van der Waals surface area (Å²) in [5, 5.41) is 10.3. The van der Waals surface area contributed by atoms with Gasteiger partial charge in [0, 0.05) is 5.39 Å². The Labute approximate surface area is 93.7 Å². The molecule has 0 saturated carbocycles. The molecule has 0 saturated heterocycles. The molecule has 2 rings (SSSR count).